The number of ether oxygens (including phenoxy) is 1. The van der Waals surface area contributed by atoms with E-state index in [1.807, 2.05) is 16.2 Å². The van der Waals surface area contributed by atoms with Crippen LogP contribution >= 0.6 is 11.3 Å². The number of aryl methyl sites for hydroxylation is 1. The van der Waals surface area contributed by atoms with Crippen molar-refractivity contribution in [2.24, 2.45) is 0 Å². The van der Waals surface area contributed by atoms with Gasteiger partial charge < -0.3 is 9.64 Å². The molecule has 1 amide bonds. The molecule has 0 aliphatic carbocycles. The lowest BCUT2D eigenvalue weighted by Gasteiger charge is -2.25. The van der Waals surface area contributed by atoms with Crippen LogP contribution in [0.25, 0.3) is 0 Å². The van der Waals surface area contributed by atoms with Gasteiger partial charge in [0.25, 0.3) is 0 Å². The van der Waals surface area contributed by atoms with Gasteiger partial charge in [0.2, 0.25) is 5.91 Å². The largest absolute Gasteiger partial charge is 0.383 e. The van der Waals surface area contributed by atoms with E-state index in [1.54, 1.807) is 7.11 Å². The second-order valence-corrected chi connectivity index (χ2v) is 7.06. The molecule has 0 spiro atoms. The Morgan fingerprint density at radius 2 is 2.25 bits per heavy atom. The van der Waals surface area contributed by atoms with Crippen LogP contribution in [0.3, 0.4) is 0 Å². The van der Waals surface area contributed by atoms with E-state index in [1.165, 1.54) is 9.75 Å². The highest BCUT2D eigenvalue weighted by molar-refractivity contribution is 7.11. The maximum atomic E-state index is 12.1. The van der Waals surface area contributed by atoms with Gasteiger partial charge in [-0.3, -0.25) is 9.69 Å². The molecule has 4 nitrogen and oxygen atoms in total. The molecule has 5 heteroatoms. The topological polar surface area (TPSA) is 32.8 Å². The molecular weight excluding hydrogens is 272 g/mol. The molecule has 0 aromatic carbocycles. The molecule has 0 saturated carbocycles. The zero-order chi connectivity index (χ0) is 14.1. The lowest BCUT2D eigenvalue weighted by Crippen LogP contribution is -2.38. The van der Waals surface area contributed by atoms with Gasteiger partial charge in [0.1, 0.15) is 0 Å². The van der Waals surface area contributed by atoms with Crippen molar-refractivity contribution in [3.05, 3.63) is 21.9 Å². The van der Waals surface area contributed by atoms with E-state index in [0.29, 0.717) is 31.0 Å². The minimum Gasteiger partial charge on any atom is -0.383 e. The van der Waals surface area contributed by atoms with E-state index >= 15 is 0 Å². The number of methoxy groups -OCH3 is 1. The van der Waals surface area contributed by atoms with Gasteiger partial charge in [-0.1, -0.05) is 0 Å². The molecule has 3 heterocycles. The molecule has 3 rings (SSSR count). The molecule has 20 heavy (non-hydrogen) atoms. The molecule has 2 aliphatic rings. The lowest BCUT2D eigenvalue weighted by atomic mass is 10.1. The van der Waals surface area contributed by atoms with Crippen LogP contribution in [-0.2, 0) is 16.1 Å². The molecule has 2 fully saturated rings. The summed E-state index contributed by atoms with van der Waals surface area (Å²) in [4.78, 5) is 19.4. The summed E-state index contributed by atoms with van der Waals surface area (Å²) in [6.45, 7) is 5.61. The summed E-state index contributed by atoms with van der Waals surface area (Å²) in [5.74, 6) is 0.295. The van der Waals surface area contributed by atoms with E-state index in [0.717, 1.165) is 26.1 Å². The third-order valence-corrected chi connectivity index (χ3v) is 5.41. The summed E-state index contributed by atoms with van der Waals surface area (Å²) in [7, 11) is 1.69. The first-order chi connectivity index (χ1) is 9.69. The van der Waals surface area contributed by atoms with Crippen LogP contribution in [0.4, 0.5) is 0 Å². The van der Waals surface area contributed by atoms with Gasteiger partial charge in [-0.15, -0.1) is 11.3 Å². The van der Waals surface area contributed by atoms with E-state index in [2.05, 4.69) is 24.0 Å². The highest BCUT2D eigenvalue weighted by atomic mass is 32.1. The fourth-order valence-corrected chi connectivity index (χ4v) is 4.37. The van der Waals surface area contributed by atoms with Crippen molar-refractivity contribution < 1.29 is 9.53 Å². The number of hydrogen-bond acceptors (Lipinski definition) is 4. The fraction of sp³-hybridized carbons (Fsp3) is 0.667. The zero-order valence-corrected chi connectivity index (χ0v) is 13.0. The smallest absolute Gasteiger partial charge is 0.224 e. The highest BCUT2D eigenvalue weighted by Gasteiger charge is 2.46. The minimum atomic E-state index is 0.295. The molecule has 2 atom stereocenters. The van der Waals surface area contributed by atoms with Crippen molar-refractivity contribution in [2.45, 2.75) is 38.4 Å². The average Bonchev–Trinajstić information content (AvgIpc) is 3.06. The van der Waals surface area contributed by atoms with Gasteiger partial charge in [0.15, 0.2) is 0 Å². The molecule has 2 aliphatic heterocycles. The Bertz CT molecular complexity index is 488. The monoisotopic (exact) mass is 294 g/mol. The Hall–Kier alpha value is -0.910. The molecule has 0 radical (unpaired) electrons. The minimum absolute atomic E-state index is 0.295. The fourth-order valence-electron chi connectivity index (χ4n) is 3.46. The predicted octanol–water partition coefficient (Wildman–Crippen LogP) is 1.88. The first-order valence-corrected chi connectivity index (χ1v) is 8.08. The number of hydrogen-bond donors (Lipinski definition) is 0. The summed E-state index contributed by atoms with van der Waals surface area (Å²) >= 11 is 1.86. The zero-order valence-electron chi connectivity index (χ0n) is 12.2. The Labute approximate surface area is 124 Å². The second-order valence-electron chi connectivity index (χ2n) is 5.69. The molecule has 110 valence electrons. The predicted molar refractivity (Wildman–Crippen MR) is 79.9 cm³/mol. The summed E-state index contributed by atoms with van der Waals surface area (Å²) in [6.07, 6.45) is 1.78. The quantitative estimate of drug-likeness (QED) is 0.831. The summed E-state index contributed by atoms with van der Waals surface area (Å²) in [6, 6.07) is 5.20. The molecule has 0 unspecified atom stereocenters. The van der Waals surface area contributed by atoms with E-state index in [9.17, 15) is 4.79 Å². The SMILES string of the molecule is COCCN1C(=O)C[C@H]2[C@@H]1CCN2Cc1ccc(C)s1. The molecule has 0 bridgehead atoms. The Kier molecular flexibility index (Phi) is 4.10. The van der Waals surface area contributed by atoms with Gasteiger partial charge in [-0.05, 0) is 25.5 Å². The van der Waals surface area contributed by atoms with Crippen molar-refractivity contribution in [3.63, 3.8) is 0 Å². The number of nitrogens with zero attached hydrogens (tertiary/aromatic N) is 2. The van der Waals surface area contributed by atoms with Crippen molar-refractivity contribution in [3.8, 4) is 0 Å². The van der Waals surface area contributed by atoms with Crippen LogP contribution in [0, 0.1) is 6.92 Å². The number of carbonyl (C=O) groups excluding carboxylic acids is 1. The number of rotatable bonds is 5. The molecular formula is C15H22N2O2S. The first kappa shape index (κ1) is 14.0. The summed E-state index contributed by atoms with van der Waals surface area (Å²) < 4.78 is 5.12. The van der Waals surface area contributed by atoms with Crippen molar-refractivity contribution in [2.75, 3.05) is 26.8 Å². The van der Waals surface area contributed by atoms with Gasteiger partial charge in [0, 0.05) is 55.0 Å². The third kappa shape index (κ3) is 2.62. The standard InChI is InChI=1S/C15H22N2O2S/c1-11-3-4-12(20-11)10-16-6-5-13-14(16)9-15(18)17(13)7-8-19-2/h3-4,13-14H,5-10H2,1-2H3/t13-,14-/m0/s1. The van der Waals surface area contributed by atoms with Crippen LogP contribution < -0.4 is 0 Å². The van der Waals surface area contributed by atoms with Gasteiger partial charge in [-0.2, -0.15) is 0 Å². The third-order valence-electron chi connectivity index (χ3n) is 4.42. The van der Waals surface area contributed by atoms with Crippen LogP contribution in [0.15, 0.2) is 12.1 Å². The maximum absolute atomic E-state index is 12.1. The lowest BCUT2D eigenvalue weighted by molar-refractivity contribution is -0.129. The number of carbonyl (C=O) groups is 1. The van der Waals surface area contributed by atoms with E-state index in [-0.39, 0.29) is 0 Å². The van der Waals surface area contributed by atoms with Crippen LogP contribution in [-0.4, -0.2) is 54.6 Å². The molecule has 1 aromatic heterocycles. The van der Waals surface area contributed by atoms with Crippen LogP contribution in [0.1, 0.15) is 22.6 Å². The Balaban J connectivity index is 1.65. The average molecular weight is 294 g/mol. The number of amides is 1. The van der Waals surface area contributed by atoms with Crippen LogP contribution in [0.2, 0.25) is 0 Å². The summed E-state index contributed by atoms with van der Waals surface area (Å²) in [5.41, 5.74) is 0. The second kappa shape index (κ2) is 5.84. The van der Waals surface area contributed by atoms with Crippen LogP contribution in [0.5, 0.6) is 0 Å². The maximum Gasteiger partial charge on any atom is 0.224 e. The van der Waals surface area contributed by atoms with E-state index < -0.39 is 0 Å². The number of thiophene rings is 1. The van der Waals surface area contributed by atoms with E-state index in [4.69, 9.17) is 4.74 Å². The normalized spacial score (nSPS) is 26.5. The number of fused-ring (bicyclic) bond motifs is 1. The van der Waals surface area contributed by atoms with Crippen molar-refractivity contribution >= 4 is 17.2 Å². The van der Waals surface area contributed by atoms with Gasteiger partial charge in [0.05, 0.1) is 6.61 Å². The highest BCUT2D eigenvalue weighted by Crippen LogP contribution is 2.34. The molecule has 1 aromatic rings. The van der Waals surface area contributed by atoms with Crippen molar-refractivity contribution in [1.82, 2.24) is 9.80 Å². The summed E-state index contributed by atoms with van der Waals surface area (Å²) in [5, 5.41) is 0. The Morgan fingerprint density at radius 3 is 2.95 bits per heavy atom. The molecule has 2 saturated heterocycles. The Morgan fingerprint density at radius 1 is 1.40 bits per heavy atom. The first-order valence-electron chi connectivity index (χ1n) is 7.27. The van der Waals surface area contributed by atoms with Gasteiger partial charge in [-0.25, -0.2) is 0 Å². The van der Waals surface area contributed by atoms with Crippen molar-refractivity contribution in [1.29, 1.82) is 0 Å². The number of likely N-dealkylation sites (tertiary alicyclic amines) is 2. The molecule has 0 N–H and O–H groups in total. The van der Waals surface area contributed by atoms with Gasteiger partial charge >= 0.3 is 0 Å².